The Kier molecular flexibility index (Phi) is 5.56. The Hall–Kier alpha value is -2.11. The molecular weight excluding hydrogens is 376 g/mol. The second-order valence-corrected chi connectivity index (χ2v) is 8.22. The molecule has 1 aromatic carbocycles. The van der Waals surface area contributed by atoms with Crippen molar-refractivity contribution in [2.24, 2.45) is 0 Å². The van der Waals surface area contributed by atoms with Gasteiger partial charge in [-0.1, -0.05) is 23.7 Å². The summed E-state index contributed by atoms with van der Waals surface area (Å²) in [6.45, 7) is 4.57. The van der Waals surface area contributed by atoms with E-state index in [4.69, 9.17) is 16.0 Å². The van der Waals surface area contributed by atoms with Crippen LogP contribution in [0.3, 0.4) is 0 Å². The Morgan fingerprint density at radius 1 is 1.21 bits per heavy atom. The summed E-state index contributed by atoms with van der Waals surface area (Å²) in [5.74, 6) is 0.883. The minimum atomic E-state index is -0.198. The van der Waals surface area contributed by atoms with Gasteiger partial charge in [0.15, 0.2) is 11.5 Å². The van der Waals surface area contributed by atoms with Gasteiger partial charge in [0.1, 0.15) is 5.76 Å². The first-order chi connectivity index (χ1) is 13.5. The molecule has 148 valence electrons. The number of nitrogens with zero attached hydrogens (tertiary/aromatic N) is 1. The standard InChI is InChI=1S/C22H25ClN2O3/c1-14-20-18(26)3-2-4-19(20)28-21(14)22(27)24-17-9-11-25(12-10-17)13-15-5-7-16(23)8-6-15/h5-8,17H,2-4,9-13H2,1H3,(H,24,27). The first kappa shape index (κ1) is 19.2. The first-order valence-corrected chi connectivity index (χ1v) is 10.3. The molecule has 1 aliphatic carbocycles. The van der Waals surface area contributed by atoms with E-state index in [0.717, 1.165) is 50.3 Å². The molecule has 4 rings (SSSR count). The molecule has 2 aromatic rings. The number of ketones is 1. The molecule has 1 aromatic heterocycles. The fourth-order valence-corrected chi connectivity index (χ4v) is 4.33. The van der Waals surface area contributed by atoms with Crippen molar-refractivity contribution in [3.63, 3.8) is 0 Å². The number of benzene rings is 1. The lowest BCUT2D eigenvalue weighted by atomic mass is 9.94. The van der Waals surface area contributed by atoms with Crippen LogP contribution in [-0.4, -0.2) is 35.7 Å². The summed E-state index contributed by atoms with van der Waals surface area (Å²) in [5.41, 5.74) is 2.57. The molecule has 0 saturated carbocycles. The summed E-state index contributed by atoms with van der Waals surface area (Å²) < 4.78 is 5.77. The van der Waals surface area contributed by atoms with Crippen molar-refractivity contribution in [1.82, 2.24) is 10.2 Å². The molecule has 0 radical (unpaired) electrons. The number of piperidine rings is 1. The zero-order valence-electron chi connectivity index (χ0n) is 16.1. The zero-order valence-corrected chi connectivity index (χ0v) is 16.8. The minimum Gasteiger partial charge on any atom is -0.455 e. The number of Topliss-reactive ketones (excluding diaryl/α,β-unsaturated/α-hetero) is 1. The third-order valence-corrected chi connectivity index (χ3v) is 6.01. The van der Waals surface area contributed by atoms with Gasteiger partial charge in [0.2, 0.25) is 0 Å². The molecule has 0 unspecified atom stereocenters. The van der Waals surface area contributed by atoms with Crippen molar-refractivity contribution in [2.45, 2.75) is 51.6 Å². The molecule has 0 atom stereocenters. The maximum absolute atomic E-state index is 12.7. The van der Waals surface area contributed by atoms with Gasteiger partial charge in [-0.15, -0.1) is 0 Å². The minimum absolute atomic E-state index is 0.0945. The highest BCUT2D eigenvalue weighted by Gasteiger charge is 2.30. The van der Waals surface area contributed by atoms with Gasteiger partial charge < -0.3 is 9.73 Å². The van der Waals surface area contributed by atoms with E-state index in [-0.39, 0.29) is 17.7 Å². The molecule has 2 heterocycles. The third-order valence-electron chi connectivity index (χ3n) is 5.75. The van der Waals surface area contributed by atoms with Crippen molar-refractivity contribution < 1.29 is 14.0 Å². The van der Waals surface area contributed by atoms with E-state index in [1.54, 1.807) is 0 Å². The monoisotopic (exact) mass is 400 g/mol. The summed E-state index contributed by atoms with van der Waals surface area (Å²) in [7, 11) is 0. The van der Waals surface area contributed by atoms with Crippen molar-refractivity contribution in [3.8, 4) is 0 Å². The smallest absolute Gasteiger partial charge is 0.287 e. The molecular formula is C22H25ClN2O3. The number of likely N-dealkylation sites (tertiary alicyclic amines) is 1. The van der Waals surface area contributed by atoms with Crippen LogP contribution in [0.15, 0.2) is 28.7 Å². The second-order valence-electron chi connectivity index (χ2n) is 7.78. The number of carbonyl (C=O) groups excluding carboxylic acids is 2. The summed E-state index contributed by atoms with van der Waals surface area (Å²) in [5, 5.41) is 3.86. The SMILES string of the molecule is Cc1c(C(=O)NC2CCN(Cc3ccc(Cl)cc3)CC2)oc2c1C(=O)CCC2. The van der Waals surface area contributed by atoms with E-state index >= 15 is 0 Å². The molecule has 1 fully saturated rings. The van der Waals surface area contributed by atoms with Gasteiger partial charge >= 0.3 is 0 Å². The summed E-state index contributed by atoms with van der Waals surface area (Å²) in [6, 6.07) is 8.07. The fourth-order valence-electron chi connectivity index (χ4n) is 4.20. The predicted octanol–water partition coefficient (Wildman–Crippen LogP) is 4.15. The van der Waals surface area contributed by atoms with E-state index in [9.17, 15) is 9.59 Å². The van der Waals surface area contributed by atoms with Crippen molar-refractivity contribution >= 4 is 23.3 Å². The largest absolute Gasteiger partial charge is 0.455 e. The topological polar surface area (TPSA) is 62.6 Å². The summed E-state index contributed by atoms with van der Waals surface area (Å²) in [4.78, 5) is 27.2. The number of nitrogens with one attached hydrogen (secondary N) is 1. The van der Waals surface area contributed by atoms with E-state index in [2.05, 4.69) is 22.3 Å². The van der Waals surface area contributed by atoms with E-state index in [0.29, 0.717) is 29.1 Å². The van der Waals surface area contributed by atoms with Gasteiger partial charge in [0, 0.05) is 49.1 Å². The average Bonchev–Trinajstić information content (AvgIpc) is 3.03. The lowest BCUT2D eigenvalue weighted by Gasteiger charge is -2.32. The first-order valence-electron chi connectivity index (χ1n) is 9.94. The van der Waals surface area contributed by atoms with Crippen molar-refractivity contribution in [1.29, 1.82) is 0 Å². The molecule has 2 aliphatic rings. The molecule has 1 amide bonds. The summed E-state index contributed by atoms with van der Waals surface area (Å²) in [6.07, 6.45) is 3.88. The van der Waals surface area contributed by atoms with Gasteiger partial charge in [0.25, 0.3) is 5.91 Å². The Balaban J connectivity index is 1.33. The van der Waals surface area contributed by atoms with Gasteiger partial charge in [-0.25, -0.2) is 0 Å². The lowest BCUT2D eigenvalue weighted by Crippen LogP contribution is -2.44. The summed E-state index contributed by atoms with van der Waals surface area (Å²) >= 11 is 5.94. The van der Waals surface area contributed by atoms with E-state index in [1.165, 1.54) is 5.56 Å². The number of furan rings is 1. The Labute approximate surface area is 170 Å². The van der Waals surface area contributed by atoms with Gasteiger partial charge in [0.05, 0.1) is 5.56 Å². The fraction of sp³-hybridized carbons (Fsp3) is 0.455. The van der Waals surface area contributed by atoms with E-state index < -0.39 is 0 Å². The van der Waals surface area contributed by atoms with Gasteiger partial charge in [-0.2, -0.15) is 0 Å². The van der Waals surface area contributed by atoms with Crippen LogP contribution in [0.25, 0.3) is 0 Å². The van der Waals surface area contributed by atoms with Crippen LogP contribution >= 0.6 is 11.6 Å². The molecule has 1 saturated heterocycles. The van der Waals surface area contributed by atoms with Crippen LogP contribution in [0.5, 0.6) is 0 Å². The van der Waals surface area contributed by atoms with Crippen LogP contribution in [-0.2, 0) is 13.0 Å². The average molecular weight is 401 g/mol. The number of hydrogen-bond acceptors (Lipinski definition) is 4. The Morgan fingerprint density at radius 2 is 1.93 bits per heavy atom. The zero-order chi connectivity index (χ0) is 19.7. The van der Waals surface area contributed by atoms with Crippen LogP contribution in [0.4, 0.5) is 0 Å². The quantitative estimate of drug-likeness (QED) is 0.837. The number of rotatable bonds is 4. The molecule has 0 spiro atoms. The number of hydrogen-bond donors (Lipinski definition) is 1. The van der Waals surface area contributed by atoms with E-state index in [1.807, 2.05) is 19.1 Å². The maximum atomic E-state index is 12.7. The maximum Gasteiger partial charge on any atom is 0.287 e. The number of fused-ring (bicyclic) bond motifs is 1. The molecule has 6 heteroatoms. The number of amides is 1. The second kappa shape index (κ2) is 8.10. The van der Waals surface area contributed by atoms with Crippen LogP contribution in [0, 0.1) is 6.92 Å². The number of halogens is 1. The van der Waals surface area contributed by atoms with Gasteiger partial charge in [-0.3, -0.25) is 14.5 Å². The third kappa shape index (κ3) is 4.01. The van der Waals surface area contributed by atoms with Crippen molar-refractivity contribution in [3.05, 3.63) is 57.5 Å². The van der Waals surface area contributed by atoms with Crippen molar-refractivity contribution in [2.75, 3.05) is 13.1 Å². The number of carbonyl (C=O) groups is 2. The van der Waals surface area contributed by atoms with Crippen LogP contribution < -0.4 is 5.32 Å². The molecule has 1 aliphatic heterocycles. The normalized spacial score (nSPS) is 18.1. The highest BCUT2D eigenvalue weighted by molar-refractivity contribution is 6.30. The van der Waals surface area contributed by atoms with Crippen LogP contribution in [0.2, 0.25) is 5.02 Å². The molecule has 1 N–H and O–H groups in total. The predicted molar refractivity (Wildman–Crippen MR) is 108 cm³/mol. The number of aryl methyl sites for hydroxylation is 1. The molecule has 28 heavy (non-hydrogen) atoms. The molecule has 0 bridgehead atoms. The molecule has 5 nitrogen and oxygen atoms in total. The lowest BCUT2D eigenvalue weighted by molar-refractivity contribution is 0.0876. The van der Waals surface area contributed by atoms with Gasteiger partial charge in [-0.05, 0) is 43.9 Å². The Bertz CT molecular complexity index is 880. The highest BCUT2D eigenvalue weighted by atomic mass is 35.5. The van der Waals surface area contributed by atoms with Crippen LogP contribution in [0.1, 0.15) is 63.5 Å². The Morgan fingerprint density at radius 3 is 2.61 bits per heavy atom. The highest BCUT2D eigenvalue weighted by Crippen LogP contribution is 2.29.